The van der Waals surface area contributed by atoms with E-state index < -0.39 is 17.2 Å². The number of carboxylic acid groups (broad SMARTS) is 1. The third-order valence-electron chi connectivity index (χ3n) is 5.15. The fourth-order valence-electron chi connectivity index (χ4n) is 3.91. The van der Waals surface area contributed by atoms with Gasteiger partial charge in [0, 0.05) is 51.3 Å². The lowest BCUT2D eigenvalue weighted by Gasteiger charge is -2.25. The Balaban J connectivity index is 1.75. The molecule has 2 saturated heterocycles. The van der Waals surface area contributed by atoms with Gasteiger partial charge in [0.15, 0.2) is 0 Å². The third kappa shape index (κ3) is 3.23. The van der Waals surface area contributed by atoms with Gasteiger partial charge in [-0.1, -0.05) is 23.7 Å². The average Bonchev–Trinajstić information content (AvgIpc) is 3.07. The molecule has 0 unspecified atom stereocenters. The predicted molar refractivity (Wildman–Crippen MR) is 88.7 cm³/mol. The molecule has 0 radical (unpaired) electrons. The largest absolute Gasteiger partial charge is 0.481 e. The third-order valence-corrected chi connectivity index (χ3v) is 5.44. The summed E-state index contributed by atoms with van der Waals surface area (Å²) in [6.07, 6.45) is 0. The predicted octanol–water partition coefficient (Wildman–Crippen LogP) is 1.47. The van der Waals surface area contributed by atoms with Gasteiger partial charge in [-0.2, -0.15) is 0 Å². The number of carboxylic acids is 1. The second-order valence-corrected chi connectivity index (χ2v) is 7.16. The van der Waals surface area contributed by atoms with Crippen LogP contribution in [0.4, 0.5) is 4.39 Å². The first-order chi connectivity index (χ1) is 11.9. The van der Waals surface area contributed by atoms with Gasteiger partial charge in [0.05, 0.1) is 5.02 Å². The number of carbonyl (C=O) groups is 2. The number of likely N-dealkylation sites (tertiary alicyclic amines) is 2. The number of carbonyl (C=O) groups excluding carboxylic acids is 1. The minimum Gasteiger partial charge on any atom is -0.481 e. The molecule has 1 aromatic rings. The molecule has 3 rings (SSSR count). The van der Waals surface area contributed by atoms with E-state index in [0.717, 1.165) is 0 Å². The van der Waals surface area contributed by atoms with E-state index in [1.165, 1.54) is 13.2 Å². The van der Waals surface area contributed by atoms with Crippen molar-refractivity contribution in [1.82, 2.24) is 9.80 Å². The van der Waals surface area contributed by atoms with Crippen LogP contribution in [0, 0.1) is 17.2 Å². The SMILES string of the molecule is COCC(=O)N1C[C@H]2CN(Cc3cccc(Cl)c3F)C[C@@]2(C(=O)O)C1. The van der Waals surface area contributed by atoms with Gasteiger partial charge in [0.1, 0.15) is 17.8 Å². The van der Waals surface area contributed by atoms with Crippen LogP contribution in [-0.4, -0.2) is 66.7 Å². The molecular formula is C17H20ClFN2O4. The van der Waals surface area contributed by atoms with Gasteiger partial charge < -0.3 is 14.7 Å². The zero-order valence-electron chi connectivity index (χ0n) is 13.9. The molecule has 6 nitrogen and oxygen atoms in total. The van der Waals surface area contributed by atoms with Crippen LogP contribution in [0.25, 0.3) is 0 Å². The van der Waals surface area contributed by atoms with Crippen LogP contribution in [0.5, 0.6) is 0 Å². The molecule has 136 valence electrons. The molecule has 1 amide bonds. The van der Waals surface area contributed by atoms with Crippen molar-refractivity contribution in [3.05, 3.63) is 34.6 Å². The van der Waals surface area contributed by atoms with E-state index in [1.807, 2.05) is 4.90 Å². The van der Waals surface area contributed by atoms with Crippen molar-refractivity contribution in [3.63, 3.8) is 0 Å². The van der Waals surface area contributed by atoms with Gasteiger partial charge >= 0.3 is 5.97 Å². The molecule has 0 spiro atoms. The molecule has 0 saturated carbocycles. The lowest BCUT2D eigenvalue weighted by Crippen LogP contribution is -2.42. The van der Waals surface area contributed by atoms with E-state index in [1.54, 1.807) is 17.0 Å². The summed E-state index contributed by atoms with van der Waals surface area (Å²) < 4.78 is 19.0. The lowest BCUT2D eigenvalue weighted by molar-refractivity contribution is -0.149. The molecule has 2 aliphatic heterocycles. The van der Waals surface area contributed by atoms with Crippen LogP contribution in [0.2, 0.25) is 5.02 Å². The normalized spacial score (nSPS) is 26.0. The lowest BCUT2D eigenvalue weighted by atomic mass is 9.81. The minimum atomic E-state index is -1.02. The second-order valence-electron chi connectivity index (χ2n) is 6.75. The summed E-state index contributed by atoms with van der Waals surface area (Å²) >= 11 is 5.81. The first-order valence-corrected chi connectivity index (χ1v) is 8.40. The van der Waals surface area contributed by atoms with Crippen LogP contribution in [0.1, 0.15) is 5.56 Å². The van der Waals surface area contributed by atoms with Gasteiger partial charge in [-0.15, -0.1) is 0 Å². The number of halogens is 2. The Kier molecular flexibility index (Phi) is 4.99. The molecule has 8 heteroatoms. The first-order valence-electron chi connectivity index (χ1n) is 8.02. The maximum absolute atomic E-state index is 14.1. The summed E-state index contributed by atoms with van der Waals surface area (Å²) in [5.41, 5.74) is -0.571. The van der Waals surface area contributed by atoms with Crippen LogP contribution in [-0.2, 0) is 20.9 Å². The highest BCUT2D eigenvalue weighted by Crippen LogP contribution is 2.43. The second kappa shape index (κ2) is 6.90. The number of amides is 1. The number of rotatable bonds is 5. The van der Waals surface area contributed by atoms with E-state index in [4.69, 9.17) is 16.3 Å². The molecule has 1 N–H and O–H groups in total. The number of ether oxygens (including phenoxy) is 1. The Morgan fingerprint density at radius 3 is 2.80 bits per heavy atom. The van der Waals surface area contributed by atoms with Crippen molar-refractivity contribution in [2.75, 3.05) is 39.9 Å². The van der Waals surface area contributed by atoms with Crippen molar-refractivity contribution < 1.29 is 23.8 Å². The Morgan fingerprint density at radius 2 is 2.16 bits per heavy atom. The standard InChI is InChI=1S/C17H20ClFN2O4/c1-25-8-14(22)21-7-12-6-20(9-17(12,10-21)16(23)24)5-11-3-2-4-13(18)15(11)19/h2-4,12H,5-10H2,1H3,(H,23,24)/t12-,17-/m1/s1. The summed E-state index contributed by atoms with van der Waals surface area (Å²) in [5, 5.41) is 9.85. The average molecular weight is 371 g/mol. The zero-order chi connectivity index (χ0) is 18.2. The number of hydrogen-bond donors (Lipinski definition) is 1. The zero-order valence-corrected chi connectivity index (χ0v) is 14.6. The molecular weight excluding hydrogens is 351 g/mol. The topological polar surface area (TPSA) is 70.1 Å². The van der Waals surface area contributed by atoms with Crippen molar-refractivity contribution >= 4 is 23.5 Å². The van der Waals surface area contributed by atoms with E-state index >= 15 is 0 Å². The summed E-state index contributed by atoms with van der Waals surface area (Å²) in [5.74, 6) is -1.78. The number of methoxy groups -OCH3 is 1. The van der Waals surface area contributed by atoms with Crippen LogP contribution in [0.15, 0.2) is 18.2 Å². The first kappa shape index (κ1) is 18.1. The van der Waals surface area contributed by atoms with Gasteiger partial charge in [-0.3, -0.25) is 14.5 Å². The molecule has 25 heavy (non-hydrogen) atoms. The van der Waals surface area contributed by atoms with Gasteiger partial charge in [0.25, 0.3) is 0 Å². The smallest absolute Gasteiger partial charge is 0.313 e. The molecule has 1 aromatic carbocycles. The van der Waals surface area contributed by atoms with Crippen LogP contribution in [0.3, 0.4) is 0 Å². The molecule has 2 heterocycles. The van der Waals surface area contributed by atoms with E-state index in [-0.39, 0.29) is 36.5 Å². The highest BCUT2D eigenvalue weighted by molar-refractivity contribution is 6.30. The fourth-order valence-corrected chi connectivity index (χ4v) is 4.10. The minimum absolute atomic E-state index is 0.0557. The van der Waals surface area contributed by atoms with Crippen molar-refractivity contribution in [2.45, 2.75) is 6.54 Å². The Bertz CT molecular complexity index is 701. The summed E-state index contributed by atoms with van der Waals surface area (Å²) in [6.45, 7) is 1.54. The molecule has 2 aliphatic rings. The molecule has 2 atom stereocenters. The van der Waals surface area contributed by atoms with Crippen LogP contribution >= 0.6 is 11.6 Å². The quantitative estimate of drug-likeness (QED) is 0.850. The maximum atomic E-state index is 14.1. The molecule has 0 aromatic heterocycles. The van der Waals surface area contributed by atoms with Gasteiger partial charge in [-0.05, 0) is 6.07 Å². The Hall–Kier alpha value is -1.70. The highest BCUT2D eigenvalue weighted by Gasteiger charge is 2.58. The number of fused-ring (bicyclic) bond motifs is 1. The van der Waals surface area contributed by atoms with Gasteiger partial charge in [0.2, 0.25) is 5.91 Å². The van der Waals surface area contributed by atoms with E-state index in [0.29, 0.717) is 25.2 Å². The Labute approximate surface area is 150 Å². The maximum Gasteiger partial charge on any atom is 0.313 e. The Morgan fingerprint density at radius 1 is 1.40 bits per heavy atom. The number of benzene rings is 1. The molecule has 0 aliphatic carbocycles. The highest BCUT2D eigenvalue weighted by atomic mass is 35.5. The van der Waals surface area contributed by atoms with E-state index in [2.05, 4.69) is 0 Å². The van der Waals surface area contributed by atoms with Crippen molar-refractivity contribution in [2.24, 2.45) is 11.3 Å². The summed E-state index contributed by atoms with van der Waals surface area (Å²) in [7, 11) is 1.43. The number of nitrogens with zero attached hydrogens (tertiary/aromatic N) is 2. The van der Waals surface area contributed by atoms with E-state index in [9.17, 15) is 19.1 Å². The fraction of sp³-hybridized carbons (Fsp3) is 0.529. The molecule has 2 fully saturated rings. The number of aliphatic carboxylic acids is 1. The molecule has 0 bridgehead atoms. The van der Waals surface area contributed by atoms with Gasteiger partial charge in [-0.25, -0.2) is 4.39 Å². The number of hydrogen-bond acceptors (Lipinski definition) is 4. The summed E-state index contributed by atoms with van der Waals surface area (Å²) in [4.78, 5) is 27.5. The monoisotopic (exact) mass is 370 g/mol. The van der Waals surface area contributed by atoms with Crippen molar-refractivity contribution in [3.8, 4) is 0 Å². The summed E-state index contributed by atoms with van der Waals surface area (Å²) in [6, 6.07) is 4.81. The van der Waals surface area contributed by atoms with Crippen LogP contribution < -0.4 is 0 Å². The van der Waals surface area contributed by atoms with Crippen molar-refractivity contribution in [1.29, 1.82) is 0 Å².